The lowest BCUT2D eigenvalue weighted by atomic mass is 9.87. The van der Waals surface area contributed by atoms with Crippen molar-refractivity contribution in [2.75, 3.05) is 0 Å². The summed E-state index contributed by atoms with van der Waals surface area (Å²) in [5.41, 5.74) is 0.739. The lowest BCUT2D eigenvalue weighted by Gasteiger charge is -2.18. The van der Waals surface area contributed by atoms with Gasteiger partial charge in [-0.25, -0.2) is 4.79 Å². The molecule has 2 rings (SSSR count). The fourth-order valence-corrected chi connectivity index (χ4v) is 2.31. The third-order valence-electron chi connectivity index (χ3n) is 3.14. The summed E-state index contributed by atoms with van der Waals surface area (Å²) in [6.45, 7) is 1.79. The number of rotatable bonds is 2. The number of carbonyl (C=O) groups is 1. The van der Waals surface area contributed by atoms with E-state index >= 15 is 0 Å². The number of furan rings is 1. The average Bonchev–Trinajstić information content (AvgIpc) is 2.62. The number of carboxylic acid groups (broad SMARTS) is 1. The fraction of sp³-hybridized carbons (Fsp3) is 0.583. The first-order valence-corrected chi connectivity index (χ1v) is 5.52. The fourth-order valence-electron chi connectivity index (χ4n) is 2.31. The van der Waals surface area contributed by atoms with Crippen LogP contribution in [-0.4, -0.2) is 11.1 Å². The number of hydrogen-bond acceptors (Lipinski definition) is 2. The number of aromatic carboxylic acids is 1. The minimum absolute atomic E-state index is 0.107. The Morgan fingerprint density at radius 3 is 2.60 bits per heavy atom. The molecule has 1 fully saturated rings. The zero-order valence-electron chi connectivity index (χ0n) is 8.95. The molecule has 0 atom stereocenters. The molecule has 0 aliphatic heterocycles. The van der Waals surface area contributed by atoms with Crippen LogP contribution in [0, 0.1) is 6.92 Å². The molecule has 0 saturated heterocycles. The van der Waals surface area contributed by atoms with Gasteiger partial charge in [-0.15, -0.1) is 0 Å². The van der Waals surface area contributed by atoms with Crippen LogP contribution < -0.4 is 0 Å². The molecule has 0 amide bonds. The van der Waals surface area contributed by atoms with Gasteiger partial charge in [0, 0.05) is 11.5 Å². The van der Waals surface area contributed by atoms with E-state index in [1.54, 1.807) is 6.92 Å². The molecule has 1 aromatic heterocycles. The second-order valence-electron chi connectivity index (χ2n) is 4.30. The zero-order valence-corrected chi connectivity index (χ0v) is 8.95. The van der Waals surface area contributed by atoms with Gasteiger partial charge >= 0.3 is 5.97 Å². The van der Waals surface area contributed by atoms with Gasteiger partial charge in [-0.05, 0) is 25.8 Å². The molecule has 3 heteroatoms. The van der Waals surface area contributed by atoms with Gasteiger partial charge in [-0.3, -0.25) is 0 Å². The molecule has 82 valence electrons. The summed E-state index contributed by atoms with van der Waals surface area (Å²) in [7, 11) is 0. The lowest BCUT2D eigenvalue weighted by Crippen LogP contribution is -2.03. The summed E-state index contributed by atoms with van der Waals surface area (Å²) in [6.07, 6.45) is 6.01. The van der Waals surface area contributed by atoms with Crippen molar-refractivity contribution in [1.82, 2.24) is 0 Å². The minimum Gasteiger partial charge on any atom is -0.475 e. The van der Waals surface area contributed by atoms with E-state index in [-0.39, 0.29) is 5.76 Å². The zero-order chi connectivity index (χ0) is 10.8. The highest BCUT2D eigenvalue weighted by atomic mass is 16.4. The van der Waals surface area contributed by atoms with E-state index in [0.717, 1.165) is 24.2 Å². The first-order valence-electron chi connectivity index (χ1n) is 5.52. The SMILES string of the molecule is Cc1cc(C2CCCCC2)oc1C(=O)O. The monoisotopic (exact) mass is 208 g/mol. The van der Waals surface area contributed by atoms with Crippen molar-refractivity contribution in [1.29, 1.82) is 0 Å². The van der Waals surface area contributed by atoms with Crippen LogP contribution in [0.15, 0.2) is 10.5 Å². The average molecular weight is 208 g/mol. The Morgan fingerprint density at radius 2 is 2.07 bits per heavy atom. The third kappa shape index (κ3) is 2.06. The molecule has 0 radical (unpaired) electrons. The van der Waals surface area contributed by atoms with Gasteiger partial charge in [0.1, 0.15) is 5.76 Å². The maximum absolute atomic E-state index is 10.8. The lowest BCUT2D eigenvalue weighted by molar-refractivity contribution is 0.0658. The van der Waals surface area contributed by atoms with Crippen molar-refractivity contribution >= 4 is 5.97 Å². The van der Waals surface area contributed by atoms with Crippen LogP contribution in [0.4, 0.5) is 0 Å². The molecule has 1 N–H and O–H groups in total. The normalized spacial score (nSPS) is 17.9. The van der Waals surface area contributed by atoms with Crippen molar-refractivity contribution in [3.05, 3.63) is 23.2 Å². The van der Waals surface area contributed by atoms with Crippen LogP contribution in [0.3, 0.4) is 0 Å². The van der Waals surface area contributed by atoms with E-state index < -0.39 is 5.97 Å². The van der Waals surface area contributed by atoms with E-state index in [2.05, 4.69) is 0 Å². The molecule has 0 aromatic carbocycles. The van der Waals surface area contributed by atoms with Crippen LogP contribution in [-0.2, 0) is 0 Å². The quantitative estimate of drug-likeness (QED) is 0.810. The Balaban J connectivity index is 2.21. The standard InChI is InChI=1S/C12H16O3/c1-8-7-10(15-11(8)12(13)14)9-5-3-2-4-6-9/h7,9H,2-6H2,1H3,(H,13,14). The Kier molecular flexibility index (Phi) is 2.80. The van der Waals surface area contributed by atoms with Gasteiger partial charge in [0.15, 0.2) is 0 Å². The predicted molar refractivity (Wildman–Crippen MR) is 56.2 cm³/mol. The van der Waals surface area contributed by atoms with Crippen molar-refractivity contribution in [2.24, 2.45) is 0 Å². The first-order chi connectivity index (χ1) is 7.18. The smallest absolute Gasteiger partial charge is 0.372 e. The first kappa shape index (κ1) is 10.3. The largest absolute Gasteiger partial charge is 0.475 e. The van der Waals surface area contributed by atoms with Gasteiger partial charge < -0.3 is 9.52 Å². The van der Waals surface area contributed by atoms with Gasteiger partial charge in [0.05, 0.1) is 0 Å². The Labute approximate surface area is 89.1 Å². The van der Waals surface area contributed by atoms with Crippen LogP contribution in [0.2, 0.25) is 0 Å². The van der Waals surface area contributed by atoms with Crippen LogP contribution in [0.1, 0.15) is 59.9 Å². The number of aryl methyl sites for hydroxylation is 1. The molecule has 1 aliphatic rings. The van der Waals surface area contributed by atoms with E-state index in [1.165, 1.54) is 19.3 Å². The minimum atomic E-state index is -0.963. The number of hydrogen-bond donors (Lipinski definition) is 1. The summed E-state index contributed by atoms with van der Waals surface area (Å²) in [5, 5.41) is 8.88. The van der Waals surface area contributed by atoms with Crippen molar-refractivity contribution < 1.29 is 14.3 Å². The topological polar surface area (TPSA) is 50.4 Å². The highest BCUT2D eigenvalue weighted by Crippen LogP contribution is 2.34. The summed E-state index contributed by atoms with van der Waals surface area (Å²) in [4.78, 5) is 10.8. The van der Waals surface area contributed by atoms with Gasteiger partial charge in [-0.2, -0.15) is 0 Å². The molecule has 1 aliphatic carbocycles. The molecule has 1 aromatic rings. The van der Waals surface area contributed by atoms with Gasteiger partial charge in [0.2, 0.25) is 5.76 Å². The van der Waals surface area contributed by atoms with Crippen molar-refractivity contribution in [3.63, 3.8) is 0 Å². The third-order valence-corrected chi connectivity index (χ3v) is 3.14. The number of carboxylic acids is 1. The molecule has 0 bridgehead atoms. The summed E-state index contributed by atoms with van der Waals surface area (Å²) >= 11 is 0. The van der Waals surface area contributed by atoms with E-state index in [1.807, 2.05) is 6.07 Å². The predicted octanol–water partition coefficient (Wildman–Crippen LogP) is 3.33. The van der Waals surface area contributed by atoms with Crippen LogP contribution in [0.5, 0.6) is 0 Å². The Bertz CT molecular complexity index is 359. The maximum Gasteiger partial charge on any atom is 0.372 e. The molecular formula is C12H16O3. The molecule has 0 unspecified atom stereocenters. The Hall–Kier alpha value is -1.25. The summed E-state index contributed by atoms with van der Waals surface area (Å²) in [5.74, 6) is 0.445. The van der Waals surface area contributed by atoms with E-state index in [0.29, 0.717) is 5.92 Å². The van der Waals surface area contributed by atoms with Gasteiger partial charge in [0.25, 0.3) is 0 Å². The van der Waals surface area contributed by atoms with Crippen LogP contribution >= 0.6 is 0 Å². The van der Waals surface area contributed by atoms with E-state index in [4.69, 9.17) is 9.52 Å². The highest BCUT2D eigenvalue weighted by molar-refractivity contribution is 5.86. The second kappa shape index (κ2) is 4.09. The van der Waals surface area contributed by atoms with Crippen molar-refractivity contribution in [3.8, 4) is 0 Å². The molecule has 1 heterocycles. The summed E-state index contributed by atoms with van der Waals surface area (Å²) < 4.78 is 5.42. The molecule has 15 heavy (non-hydrogen) atoms. The van der Waals surface area contributed by atoms with Gasteiger partial charge in [-0.1, -0.05) is 19.3 Å². The molecule has 3 nitrogen and oxygen atoms in total. The maximum atomic E-state index is 10.8. The highest BCUT2D eigenvalue weighted by Gasteiger charge is 2.22. The Morgan fingerprint density at radius 1 is 1.40 bits per heavy atom. The van der Waals surface area contributed by atoms with E-state index in [9.17, 15) is 4.79 Å². The van der Waals surface area contributed by atoms with Crippen molar-refractivity contribution in [2.45, 2.75) is 44.9 Å². The summed E-state index contributed by atoms with van der Waals surface area (Å²) in [6, 6.07) is 1.89. The van der Waals surface area contributed by atoms with Crippen LogP contribution in [0.25, 0.3) is 0 Å². The molecule has 1 saturated carbocycles. The molecule has 0 spiro atoms. The second-order valence-corrected chi connectivity index (χ2v) is 4.30. The molecular weight excluding hydrogens is 192 g/mol.